The second kappa shape index (κ2) is 8.52. The molecule has 0 saturated carbocycles. The van der Waals surface area contributed by atoms with Gasteiger partial charge in [-0.3, -0.25) is 4.79 Å². The van der Waals surface area contributed by atoms with Gasteiger partial charge in [-0.2, -0.15) is 0 Å². The summed E-state index contributed by atoms with van der Waals surface area (Å²) in [7, 11) is 3.05. The van der Waals surface area contributed by atoms with Crippen molar-refractivity contribution in [1.82, 2.24) is 9.38 Å². The molecule has 0 fully saturated rings. The topological polar surface area (TPSA) is 100 Å². The molecule has 0 radical (unpaired) electrons. The molecule has 0 saturated heterocycles. The Morgan fingerprint density at radius 2 is 2.11 bits per heavy atom. The van der Waals surface area contributed by atoms with Gasteiger partial charge in [-0.05, 0) is 24.3 Å². The number of carbonyl (C=O) groups excluding carboxylic acids is 1. The van der Waals surface area contributed by atoms with Crippen molar-refractivity contribution in [1.29, 1.82) is 0 Å². The molecule has 1 amide bonds. The molecule has 142 valence electrons. The van der Waals surface area contributed by atoms with Crippen LogP contribution in [0.5, 0.6) is 11.5 Å². The smallest absolute Gasteiger partial charge is 0.243 e. The molecule has 8 heteroatoms. The van der Waals surface area contributed by atoms with E-state index in [9.17, 15) is 4.79 Å². The van der Waals surface area contributed by atoms with Crippen molar-refractivity contribution in [3.63, 3.8) is 0 Å². The van der Waals surface area contributed by atoms with Gasteiger partial charge >= 0.3 is 0 Å². The lowest BCUT2D eigenvalue weighted by Gasteiger charge is -2.14. The highest BCUT2D eigenvalue weighted by Crippen LogP contribution is 2.31. The average Bonchev–Trinajstić information content (AvgIpc) is 3.09. The van der Waals surface area contributed by atoms with E-state index in [2.05, 4.69) is 10.3 Å². The fourth-order valence-electron chi connectivity index (χ4n) is 2.57. The summed E-state index contributed by atoms with van der Waals surface area (Å²) in [6.07, 6.45) is 3.82. The number of pyridine rings is 1. The lowest BCUT2D eigenvalue weighted by molar-refractivity contribution is -0.118. The van der Waals surface area contributed by atoms with Gasteiger partial charge in [0, 0.05) is 31.3 Å². The van der Waals surface area contributed by atoms with Gasteiger partial charge in [0.25, 0.3) is 0 Å². The van der Waals surface area contributed by atoms with E-state index in [0.717, 1.165) is 11.3 Å². The Bertz CT molecular complexity index is 892. The molecule has 0 spiro atoms. The van der Waals surface area contributed by atoms with Crippen molar-refractivity contribution in [3.05, 3.63) is 54.5 Å². The van der Waals surface area contributed by atoms with Crippen LogP contribution >= 0.6 is 0 Å². The molecule has 2 aromatic heterocycles. The monoisotopic (exact) mass is 370 g/mol. The van der Waals surface area contributed by atoms with Crippen LogP contribution in [0.2, 0.25) is 0 Å². The molecular weight excluding hydrogens is 348 g/mol. The van der Waals surface area contributed by atoms with Gasteiger partial charge in [-0.15, -0.1) is 0 Å². The Morgan fingerprint density at radius 1 is 1.26 bits per heavy atom. The second-order valence-electron chi connectivity index (χ2n) is 5.90. The maximum absolute atomic E-state index is 12.0. The Kier molecular flexibility index (Phi) is 5.90. The molecular formula is C19H22N4O4. The fraction of sp³-hybridized carbons (Fsp3) is 0.263. The Labute approximate surface area is 156 Å². The van der Waals surface area contributed by atoms with Crippen LogP contribution < -0.4 is 20.5 Å². The highest BCUT2D eigenvalue weighted by atomic mass is 16.5. The first-order valence-electron chi connectivity index (χ1n) is 8.39. The summed E-state index contributed by atoms with van der Waals surface area (Å²) in [5.74, 6) is 0.707. The van der Waals surface area contributed by atoms with E-state index >= 15 is 0 Å². The summed E-state index contributed by atoms with van der Waals surface area (Å²) in [6.45, 7) is 0.401. The van der Waals surface area contributed by atoms with E-state index in [-0.39, 0.29) is 19.1 Å². The fourth-order valence-corrected chi connectivity index (χ4v) is 2.57. The van der Waals surface area contributed by atoms with Crippen LogP contribution in [0.25, 0.3) is 5.65 Å². The van der Waals surface area contributed by atoms with Crippen LogP contribution in [0.4, 0.5) is 5.69 Å². The average molecular weight is 370 g/mol. The van der Waals surface area contributed by atoms with Crippen LogP contribution in [-0.4, -0.2) is 42.2 Å². The van der Waals surface area contributed by atoms with Crippen molar-refractivity contribution in [2.75, 3.05) is 26.1 Å². The van der Waals surface area contributed by atoms with Gasteiger partial charge in [0.1, 0.15) is 18.3 Å². The van der Waals surface area contributed by atoms with Gasteiger partial charge in [-0.1, -0.05) is 6.07 Å². The number of methoxy groups -OCH3 is 2. The van der Waals surface area contributed by atoms with Crippen LogP contribution in [0, 0.1) is 0 Å². The third kappa shape index (κ3) is 4.55. The predicted octanol–water partition coefficient (Wildman–Crippen LogP) is 1.83. The normalized spacial score (nSPS) is 12.0. The van der Waals surface area contributed by atoms with Gasteiger partial charge in [0.2, 0.25) is 5.91 Å². The molecule has 8 nitrogen and oxygen atoms in total. The molecule has 2 heterocycles. The minimum atomic E-state index is -0.751. The number of carbonyl (C=O) groups is 1. The molecule has 3 aromatic rings. The highest BCUT2D eigenvalue weighted by molar-refractivity contribution is 5.95. The molecule has 27 heavy (non-hydrogen) atoms. The molecule has 0 aliphatic heterocycles. The molecule has 1 unspecified atom stereocenters. The van der Waals surface area contributed by atoms with Gasteiger partial charge < -0.3 is 29.7 Å². The van der Waals surface area contributed by atoms with Crippen molar-refractivity contribution < 1.29 is 19.0 Å². The maximum atomic E-state index is 12.0. The van der Waals surface area contributed by atoms with Crippen molar-refractivity contribution in [3.8, 4) is 11.5 Å². The number of fused-ring (bicyclic) bond motifs is 1. The van der Waals surface area contributed by atoms with Gasteiger partial charge in [-0.25, -0.2) is 4.98 Å². The minimum Gasteiger partial charge on any atom is -0.493 e. The van der Waals surface area contributed by atoms with Crippen molar-refractivity contribution in [2.24, 2.45) is 5.73 Å². The standard InChI is InChI=1S/C19H22N4O4/c1-25-12-15(20)19(24)22-13-6-7-16(26-2)17(9-13)27-11-14-10-23-8-4-3-5-18(23)21-14/h3-10,15H,11-12,20H2,1-2H3,(H,22,24). The summed E-state index contributed by atoms with van der Waals surface area (Å²) in [5, 5.41) is 2.74. The van der Waals surface area contributed by atoms with E-state index in [1.54, 1.807) is 25.3 Å². The predicted molar refractivity (Wildman–Crippen MR) is 101 cm³/mol. The summed E-state index contributed by atoms with van der Waals surface area (Å²) >= 11 is 0. The quantitative estimate of drug-likeness (QED) is 0.628. The maximum Gasteiger partial charge on any atom is 0.243 e. The van der Waals surface area contributed by atoms with Crippen LogP contribution in [0.15, 0.2) is 48.8 Å². The lowest BCUT2D eigenvalue weighted by atomic mass is 10.2. The van der Waals surface area contributed by atoms with Crippen LogP contribution in [-0.2, 0) is 16.1 Å². The summed E-state index contributed by atoms with van der Waals surface area (Å²) < 4.78 is 18.0. The zero-order valence-corrected chi connectivity index (χ0v) is 15.2. The number of anilines is 1. The third-order valence-corrected chi connectivity index (χ3v) is 3.90. The van der Waals surface area contributed by atoms with E-state index < -0.39 is 6.04 Å². The highest BCUT2D eigenvalue weighted by Gasteiger charge is 2.15. The number of amides is 1. The molecule has 3 rings (SSSR count). The molecule has 0 bridgehead atoms. The van der Waals surface area contributed by atoms with Crippen molar-refractivity contribution >= 4 is 17.2 Å². The van der Waals surface area contributed by atoms with Crippen molar-refractivity contribution in [2.45, 2.75) is 12.6 Å². The van der Waals surface area contributed by atoms with Crippen LogP contribution in [0.3, 0.4) is 0 Å². The van der Waals surface area contributed by atoms with E-state index in [4.69, 9.17) is 19.9 Å². The number of aromatic nitrogens is 2. The Balaban J connectivity index is 1.72. The number of nitrogens with one attached hydrogen (secondary N) is 1. The first kappa shape index (κ1) is 18.7. The Hall–Kier alpha value is -3.10. The van der Waals surface area contributed by atoms with E-state index in [0.29, 0.717) is 17.2 Å². The second-order valence-corrected chi connectivity index (χ2v) is 5.90. The number of hydrogen-bond acceptors (Lipinski definition) is 6. The number of nitrogens with zero attached hydrogens (tertiary/aromatic N) is 2. The number of benzene rings is 1. The summed E-state index contributed by atoms with van der Waals surface area (Å²) in [4.78, 5) is 16.5. The summed E-state index contributed by atoms with van der Waals surface area (Å²) in [5.41, 5.74) is 7.91. The van der Waals surface area contributed by atoms with Gasteiger partial charge in [0.05, 0.1) is 19.4 Å². The SMILES string of the molecule is COCC(N)C(=O)Nc1ccc(OC)c(OCc2cn3ccccc3n2)c1. The lowest BCUT2D eigenvalue weighted by Crippen LogP contribution is -2.39. The molecule has 1 aromatic carbocycles. The molecule has 3 N–H and O–H groups in total. The number of rotatable bonds is 8. The molecule has 1 atom stereocenters. The zero-order valence-electron chi connectivity index (χ0n) is 15.2. The molecule has 0 aliphatic carbocycles. The van der Waals surface area contributed by atoms with Gasteiger partial charge in [0.15, 0.2) is 11.5 Å². The number of imidazole rings is 1. The minimum absolute atomic E-state index is 0.138. The number of hydrogen-bond donors (Lipinski definition) is 2. The zero-order chi connectivity index (χ0) is 19.2. The van der Waals surface area contributed by atoms with E-state index in [1.807, 2.05) is 35.0 Å². The number of nitrogens with two attached hydrogens (primary N) is 1. The van der Waals surface area contributed by atoms with Crippen LogP contribution in [0.1, 0.15) is 5.69 Å². The number of ether oxygens (including phenoxy) is 3. The first-order chi connectivity index (χ1) is 13.1. The van der Waals surface area contributed by atoms with E-state index in [1.165, 1.54) is 7.11 Å². The Morgan fingerprint density at radius 3 is 2.85 bits per heavy atom. The first-order valence-corrected chi connectivity index (χ1v) is 8.39. The largest absolute Gasteiger partial charge is 0.493 e. The summed E-state index contributed by atoms with van der Waals surface area (Å²) in [6, 6.07) is 10.2. The third-order valence-electron chi connectivity index (χ3n) is 3.90. The molecule has 0 aliphatic rings.